The number of hydrogen-bond donors (Lipinski definition) is 3. The quantitative estimate of drug-likeness (QED) is 0.770. The molecule has 21 heavy (non-hydrogen) atoms. The Morgan fingerprint density at radius 3 is 2.38 bits per heavy atom. The van der Waals surface area contributed by atoms with Gasteiger partial charge in [-0.05, 0) is 32.3 Å². The van der Waals surface area contributed by atoms with Crippen LogP contribution in [0, 0.1) is 13.8 Å². The van der Waals surface area contributed by atoms with Gasteiger partial charge in [0, 0.05) is 18.3 Å². The van der Waals surface area contributed by atoms with E-state index in [4.69, 9.17) is 5.11 Å². The number of hydrogen-bond acceptors (Lipinski definition) is 3. The van der Waals surface area contributed by atoms with E-state index in [2.05, 4.69) is 4.98 Å². The van der Waals surface area contributed by atoms with Crippen molar-refractivity contribution in [3.8, 4) is 0 Å². The van der Waals surface area contributed by atoms with E-state index in [-0.39, 0.29) is 30.8 Å². The van der Waals surface area contributed by atoms with Crippen molar-refractivity contribution < 1.29 is 19.8 Å². The van der Waals surface area contributed by atoms with Crippen LogP contribution in [0.5, 0.6) is 0 Å². The average Bonchev–Trinajstić information content (AvgIpc) is 3.04. The molecule has 6 nitrogen and oxygen atoms in total. The lowest BCUT2D eigenvalue weighted by Gasteiger charge is -2.28. The molecule has 1 aliphatic carbocycles. The van der Waals surface area contributed by atoms with E-state index in [1.165, 1.54) is 0 Å². The van der Waals surface area contributed by atoms with Gasteiger partial charge in [0.2, 0.25) is 0 Å². The lowest BCUT2D eigenvalue weighted by molar-refractivity contribution is 0.0636. The number of carbonyl (C=O) groups is 2. The van der Waals surface area contributed by atoms with E-state index in [9.17, 15) is 14.7 Å². The molecule has 1 amide bonds. The lowest BCUT2D eigenvalue weighted by Crippen LogP contribution is -2.41. The van der Waals surface area contributed by atoms with Crippen LogP contribution in [0.4, 0.5) is 0 Å². The normalized spacial score (nSPS) is 15.4. The molecule has 1 fully saturated rings. The Labute approximate surface area is 123 Å². The first kappa shape index (κ1) is 15.6. The maximum absolute atomic E-state index is 12.8. The van der Waals surface area contributed by atoms with Gasteiger partial charge in [0.1, 0.15) is 5.69 Å². The molecule has 3 N–H and O–H groups in total. The number of carboxylic acid groups (broad SMARTS) is 1. The molecule has 0 aromatic carbocycles. The molecule has 2 rings (SSSR count). The second kappa shape index (κ2) is 6.30. The third kappa shape index (κ3) is 2.95. The van der Waals surface area contributed by atoms with Crippen molar-refractivity contribution in [2.75, 3.05) is 13.2 Å². The number of carboxylic acids is 1. The summed E-state index contributed by atoms with van der Waals surface area (Å²) in [7, 11) is 0. The average molecular weight is 294 g/mol. The van der Waals surface area contributed by atoms with Gasteiger partial charge in [-0.3, -0.25) is 4.79 Å². The summed E-state index contributed by atoms with van der Waals surface area (Å²) in [6, 6.07) is 0.145. The third-order valence-electron chi connectivity index (χ3n) is 4.23. The SMILES string of the molecule is Cc1[nH]c(C(=O)O)c(C)c1C(=O)N(CCO)C1CCCC1. The molecule has 1 aliphatic rings. The Hall–Kier alpha value is -1.82. The number of aliphatic hydroxyl groups excluding tert-OH is 1. The molecular weight excluding hydrogens is 272 g/mol. The number of nitrogens with zero attached hydrogens (tertiary/aromatic N) is 1. The Balaban J connectivity index is 2.34. The maximum Gasteiger partial charge on any atom is 0.352 e. The van der Waals surface area contributed by atoms with Crippen LogP contribution < -0.4 is 0 Å². The maximum atomic E-state index is 12.8. The summed E-state index contributed by atoms with van der Waals surface area (Å²) in [6.45, 7) is 3.55. The zero-order valence-electron chi connectivity index (χ0n) is 12.5. The Morgan fingerprint density at radius 2 is 1.90 bits per heavy atom. The Kier molecular flexibility index (Phi) is 4.67. The number of nitrogens with one attached hydrogen (secondary N) is 1. The first-order valence-electron chi connectivity index (χ1n) is 7.31. The van der Waals surface area contributed by atoms with Crippen molar-refractivity contribution in [2.45, 2.75) is 45.6 Å². The van der Waals surface area contributed by atoms with Crippen molar-refractivity contribution in [2.24, 2.45) is 0 Å². The van der Waals surface area contributed by atoms with Gasteiger partial charge < -0.3 is 20.1 Å². The predicted molar refractivity (Wildman–Crippen MR) is 77.6 cm³/mol. The Morgan fingerprint density at radius 1 is 1.29 bits per heavy atom. The number of aromatic amines is 1. The van der Waals surface area contributed by atoms with Crippen LogP contribution in [0.25, 0.3) is 0 Å². The number of aromatic nitrogens is 1. The summed E-state index contributed by atoms with van der Waals surface area (Å²) < 4.78 is 0. The highest BCUT2D eigenvalue weighted by Crippen LogP contribution is 2.27. The van der Waals surface area contributed by atoms with Gasteiger partial charge in [0.15, 0.2) is 0 Å². The van der Waals surface area contributed by atoms with E-state index in [1.807, 2.05) is 0 Å². The highest BCUT2D eigenvalue weighted by Gasteiger charge is 2.30. The molecule has 0 saturated heterocycles. The minimum absolute atomic E-state index is 0.0613. The second-order valence-corrected chi connectivity index (χ2v) is 5.59. The van der Waals surface area contributed by atoms with Gasteiger partial charge in [-0.15, -0.1) is 0 Å². The highest BCUT2D eigenvalue weighted by atomic mass is 16.4. The summed E-state index contributed by atoms with van der Waals surface area (Å²) in [4.78, 5) is 28.4. The molecule has 0 spiro atoms. The molecule has 1 heterocycles. The van der Waals surface area contributed by atoms with Gasteiger partial charge in [0.05, 0.1) is 12.2 Å². The number of carbonyl (C=O) groups excluding carboxylic acids is 1. The van der Waals surface area contributed by atoms with Gasteiger partial charge in [0.25, 0.3) is 5.91 Å². The minimum atomic E-state index is -1.07. The van der Waals surface area contributed by atoms with Gasteiger partial charge in [-0.1, -0.05) is 12.8 Å². The fraction of sp³-hybridized carbons (Fsp3) is 0.600. The number of aromatic carboxylic acids is 1. The first-order valence-corrected chi connectivity index (χ1v) is 7.31. The largest absolute Gasteiger partial charge is 0.477 e. The monoisotopic (exact) mass is 294 g/mol. The molecule has 1 aromatic heterocycles. The molecular formula is C15H22N2O4. The molecule has 0 aliphatic heterocycles. The molecule has 1 aromatic rings. The van der Waals surface area contributed by atoms with E-state index in [0.29, 0.717) is 16.8 Å². The van der Waals surface area contributed by atoms with Crippen LogP contribution in [0.2, 0.25) is 0 Å². The van der Waals surface area contributed by atoms with Crippen LogP contribution in [0.3, 0.4) is 0 Å². The summed E-state index contributed by atoms with van der Waals surface area (Å²) in [5.41, 5.74) is 1.51. The summed E-state index contributed by atoms with van der Waals surface area (Å²) in [5, 5.41) is 18.4. The molecule has 0 bridgehead atoms. The highest BCUT2D eigenvalue weighted by molar-refractivity contribution is 6.01. The number of aliphatic hydroxyl groups is 1. The number of rotatable bonds is 5. The van der Waals surface area contributed by atoms with Crippen LogP contribution in [0.15, 0.2) is 0 Å². The van der Waals surface area contributed by atoms with E-state index < -0.39 is 5.97 Å². The number of aryl methyl sites for hydroxylation is 1. The molecule has 0 unspecified atom stereocenters. The molecule has 1 saturated carbocycles. The fourth-order valence-electron chi connectivity index (χ4n) is 3.20. The van der Waals surface area contributed by atoms with E-state index in [0.717, 1.165) is 25.7 Å². The van der Waals surface area contributed by atoms with E-state index in [1.54, 1.807) is 18.7 Å². The van der Waals surface area contributed by atoms with Crippen molar-refractivity contribution in [3.05, 3.63) is 22.5 Å². The topological polar surface area (TPSA) is 93.6 Å². The smallest absolute Gasteiger partial charge is 0.352 e. The zero-order chi connectivity index (χ0) is 15.6. The molecule has 6 heteroatoms. The number of amides is 1. The molecule has 0 atom stereocenters. The zero-order valence-corrected chi connectivity index (χ0v) is 12.5. The third-order valence-corrected chi connectivity index (χ3v) is 4.23. The summed E-state index contributed by atoms with van der Waals surface area (Å²) in [6.07, 6.45) is 4.07. The van der Waals surface area contributed by atoms with Crippen LogP contribution in [0.1, 0.15) is 57.8 Å². The van der Waals surface area contributed by atoms with Gasteiger partial charge >= 0.3 is 5.97 Å². The number of H-pyrrole nitrogens is 1. The molecule has 116 valence electrons. The van der Waals surface area contributed by atoms with Gasteiger partial charge in [-0.2, -0.15) is 0 Å². The summed E-state index contributed by atoms with van der Waals surface area (Å²) in [5.74, 6) is -1.25. The van der Waals surface area contributed by atoms with Crippen molar-refractivity contribution >= 4 is 11.9 Å². The fourth-order valence-corrected chi connectivity index (χ4v) is 3.20. The van der Waals surface area contributed by atoms with Crippen LogP contribution in [-0.4, -0.2) is 51.2 Å². The lowest BCUT2D eigenvalue weighted by atomic mass is 10.1. The predicted octanol–water partition coefficient (Wildman–Crippen LogP) is 1.71. The summed E-state index contributed by atoms with van der Waals surface area (Å²) >= 11 is 0. The van der Waals surface area contributed by atoms with Crippen molar-refractivity contribution in [3.63, 3.8) is 0 Å². The minimum Gasteiger partial charge on any atom is -0.477 e. The van der Waals surface area contributed by atoms with E-state index >= 15 is 0 Å². The van der Waals surface area contributed by atoms with Crippen molar-refractivity contribution in [1.82, 2.24) is 9.88 Å². The standard InChI is InChI=1S/C15H22N2O4/c1-9-12(10(2)16-13(9)15(20)21)14(19)17(7-8-18)11-5-3-4-6-11/h11,16,18H,3-8H2,1-2H3,(H,20,21). The van der Waals surface area contributed by atoms with Gasteiger partial charge in [-0.25, -0.2) is 4.79 Å². The van der Waals surface area contributed by atoms with Crippen molar-refractivity contribution in [1.29, 1.82) is 0 Å². The molecule has 0 radical (unpaired) electrons. The second-order valence-electron chi connectivity index (χ2n) is 5.59. The van der Waals surface area contributed by atoms with Crippen LogP contribution >= 0.6 is 0 Å². The first-order chi connectivity index (χ1) is 9.97. The van der Waals surface area contributed by atoms with Crippen LogP contribution in [-0.2, 0) is 0 Å². The Bertz CT molecular complexity index is 544.